The fraction of sp³-hybridized carbons (Fsp3) is 0.800. The van der Waals surface area contributed by atoms with Crippen molar-refractivity contribution >= 4 is 5.97 Å². The van der Waals surface area contributed by atoms with Crippen molar-refractivity contribution in [2.45, 2.75) is 23.9 Å². The Morgan fingerprint density at radius 2 is 1.06 bits per heavy atom. The van der Waals surface area contributed by atoms with E-state index in [1.165, 1.54) is 0 Å². The second kappa shape index (κ2) is 4.60. The van der Waals surface area contributed by atoms with Crippen LogP contribution in [-0.4, -0.2) is 29.9 Å². The third-order valence-corrected chi connectivity index (χ3v) is 1.40. The van der Waals surface area contributed by atoms with Gasteiger partial charge >= 0.3 is 42.8 Å². The van der Waals surface area contributed by atoms with Crippen LogP contribution < -0.4 is 24.0 Å². The quantitative estimate of drug-likeness (QED) is 0.449. The minimum Gasteiger partial charge on any atom is -0.544 e. The van der Waals surface area contributed by atoms with Crippen LogP contribution in [0.25, 0.3) is 0 Å². The fourth-order valence-corrected chi connectivity index (χ4v) is 0.503. The van der Waals surface area contributed by atoms with Gasteiger partial charge in [-0.3, -0.25) is 0 Å². The summed E-state index contributed by atoms with van der Waals surface area (Å²) >= 11 is 0. The molecule has 12 heteroatoms. The summed E-state index contributed by atoms with van der Waals surface area (Å²) in [6, 6.07) is 0. The summed E-state index contributed by atoms with van der Waals surface area (Å²) < 4.78 is 106. The monoisotopic (exact) mass is 270 g/mol. The van der Waals surface area contributed by atoms with E-state index in [9.17, 15) is 49.4 Å². The number of rotatable bonds is 3. The minimum absolute atomic E-state index is 0. The molecule has 0 saturated heterocycles. The van der Waals surface area contributed by atoms with Crippen molar-refractivity contribution in [3.05, 3.63) is 0 Å². The molecule has 0 unspecified atom stereocenters. The molecule has 0 aliphatic heterocycles. The maximum absolute atomic E-state index is 12.1. The second-order valence-corrected chi connectivity index (χ2v) is 2.51. The molecule has 0 radical (unpaired) electrons. The van der Waals surface area contributed by atoms with Gasteiger partial charge in [0.05, 0.1) is 0 Å². The first-order chi connectivity index (χ1) is 6.69. The number of carboxylic acid groups (broad SMARTS) is 1. The number of aliphatic carboxylic acids is 1. The molecule has 96 valence electrons. The molecular weight excluding hydrogens is 270 g/mol. The second-order valence-electron chi connectivity index (χ2n) is 2.51. The number of hydrogen-bond donors (Lipinski definition) is 0. The Bertz CT molecular complexity index is 296. The normalized spacial score (nSPS) is 14.2. The summed E-state index contributed by atoms with van der Waals surface area (Å²) in [5.41, 5.74) is 0. The molecule has 0 saturated carbocycles. The third-order valence-electron chi connectivity index (χ3n) is 1.40. The topological polar surface area (TPSA) is 40.1 Å². The Morgan fingerprint density at radius 1 is 0.765 bits per heavy atom. The van der Waals surface area contributed by atoms with Crippen molar-refractivity contribution in [3.63, 3.8) is 0 Å². The van der Waals surface area contributed by atoms with Gasteiger partial charge in [-0.25, -0.2) is 0 Å². The van der Waals surface area contributed by atoms with Gasteiger partial charge in [-0.15, -0.1) is 0 Å². The summed E-state index contributed by atoms with van der Waals surface area (Å²) in [5, 5.41) is 9.40. The molecule has 0 bridgehead atoms. The molecule has 0 heterocycles. The fourth-order valence-electron chi connectivity index (χ4n) is 0.503. The van der Waals surface area contributed by atoms with E-state index in [0.717, 1.165) is 0 Å². The summed E-state index contributed by atoms with van der Waals surface area (Å²) in [5.74, 6) is -25.1. The van der Waals surface area contributed by atoms with Gasteiger partial charge in [0.25, 0.3) is 0 Å². The van der Waals surface area contributed by atoms with Gasteiger partial charge in [0.2, 0.25) is 0 Å². The van der Waals surface area contributed by atoms with Crippen LogP contribution in [0, 0.1) is 0 Å². The molecule has 0 aromatic heterocycles. The molecule has 0 aromatic carbocycles. The van der Waals surface area contributed by atoms with Crippen LogP contribution in [0.4, 0.5) is 39.5 Å². The number of alkyl halides is 9. The van der Waals surface area contributed by atoms with Crippen LogP contribution in [-0.2, 0) is 4.79 Å². The zero-order valence-corrected chi connectivity index (χ0v) is 7.72. The van der Waals surface area contributed by atoms with Crippen LogP contribution in [0.15, 0.2) is 0 Å². The standard InChI is InChI=1S/C5HF9O2.Li/c6-2(7,1(15)16)3(8,9)4(10,11)5(12,13)14;/h(H,15,16);/q;+1/p-1. The largest absolute Gasteiger partial charge is 1.00 e. The maximum Gasteiger partial charge on any atom is 1.00 e. The summed E-state index contributed by atoms with van der Waals surface area (Å²) in [6.07, 6.45) is -7.03. The van der Waals surface area contributed by atoms with E-state index < -0.39 is 29.9 Å². The Morgan fingerprint density at radius 3 is 1.24 bits per heavy atom. The van der Waals surface area contributed by atoms with Gasteiger partial charge in [-0.05, 0) is 0 Å². The zero-order valence-electron chi connectivity index (χ0n) is 7.72. The number of hydrogen-bond acceptors (Lipinski definition) is 2. The smallest absolute Gasteiger partial charge is 0.544 e. The molecule has 0 aliphatic rings. The van der Waals surface area contributed by atoms with Crippen molar-refractivity contribution in [2.75, 3.05) is 0 Å². The van der Waals surface area contributed by atoms with E-state index in [-0.39, 0.29) is 18.9 Å². The zero-order chi connectivity index (χ0) is 13.6. The molecule has 0 spiro atoms. The first kappa shape index (κ1) is 18.8. The molecule has 0 amide bonds. The summed E-state index contributed by atoms with van der Waals surface area (Å²) in [4.78, 5) is 9.40. The van der Waals surface area contributed by atoms with Crippen molar-refractivity contribution in [1.29, 1.82) is 0 Å². The van der Waals surface area contributed by atoms with E-state index >= 15 is 0 Å². The Hall–Kier alpha value is -0.563. The first-order valence-electron chi connectivity index (χ1n) is 3.11. The molecular formula is C5F9LiO2. The minimum atomic E-state index is -7.20. The SMILES string of the molecule is O=C([O-])C(F)(F)C(F)(F)C(F)(F)C(F)(F)F.[Li+]. The molecule has 0 fully saturated rings. The van der Waals surface area contributed by atoms with Gasteiger partial charge in [0.1, 0.15) is 5.97 Å². The van der Waals surface area contributed by atoms with Gasteiger partial charge < -0.3 is 9.90 Å². The summed E-state index contributed by atoms with van der Waals surface area (Å²) in [7, 11) is 0. The van der Waals surface area contributed by atoms with Crippen molar-refractivity contribution in [3.8, 4) is 0 Å². The molecule has 0 aromatic rings. The molecule has 17 heavy (non-hydrogen) atoms. The maximum atomic E-state index is 12.1. The Kier molecular flexibility index (Phi) is 5.09. The van der Waals surface area contributed by atoms with Crippen LogP contribution in [0.1, 0.15) is 0 Å². The first-order valence-corrected chi connectivity index (χ1v) is 3.11. The van der Waals surface area contributed by atoms with E-state index in [0.29, 0.717) is 0 Å². The molecule has 0 aliphatic carbocycles. The van der Waals surface area contributed by atoms with Crippen LogP contribution in [0.2, 0.25) is 0 Å². The van der Waals surface area contributed by atoms with Gasteiger partial charge in [-0.1, -0.05) is 0 Å². The molecule has 0 N–H and O–H groups in total. The van der Waals surface area contributed by atoms with Crippen LogP contribution >= 0.6 is 0 Å². The summed E-state index contributed by atoms with van der Waals surface area (Å²) in [6.45, 7) is 0. The number of carbonyl (C=O) groups is 1. The number of carboxylic acids is 1. The predicted molar refractivity (Wildman–Crippen MR) is 25.9 cm³/mol. The molecule has 2 nitrogen and oxygen atoms in total. The van der Waals surface area contributed by atoms with E-state index in [1.807, 2.05) is 0 Å². The van der Waals surface area contributed by atoms with Crippen LogP contribution in [0.5, 0.6) is 0 Å². The van der Waals surface area contributed by atoms with Crippen molar-refractivity contribution in [2.24, 2.45) is 0 Å². The number of halogens is 9. The third kappa shape index (κ3) is 2.65. The average Bonchev–Trinajstić information content (AvgIpc) is 2.00. The van der Waals surface area contributed by atoms with Gasteiger partial charge in [0, 0.05) is 0 Å². The van der Waals surface area contributed by atoms with Crippen LogP contribution in [0.3, 0.4) is 0 Å². The predicted octanol–water partition coefficient (Wildman–Crippen LogP) is -1.79. The van der Waals surface area contributed by atoms with Crippen molar-refractivity contribution in [1.82, 2.24) is 0 Å². The van der Waals surface area contributed by atoms with E-state index in [2.05, 4.69) is 0 Å². The Balaban J connectivity index is 0. The van der Waals surface area contributed by atoms with Gasteiger partial charge in [-0.2, -0.15) is 39.5 Å². The van der Waals surface area contributed by atoms with Gasteiger partial charge in [0.15, 0.2) is 0 Å². The van der Waals surface area contributed by atoms with E-state index in [1.54, 1.807) is 0 Å². The number of carbonyl (C=O) groups excluding carboxylic acids is 1. The van der Waals surface area contributed by atoms with Crippen molar-refractivity contribution < 1.29 is 68.3 Å². The average molecular weight is 270 g/mol. The Labute approximate surface area is 98.9 Å². The molecule has 0 rings (SSSR count). The molecule has 0 atom stereocenters. The van der Waals surface area contributed by atoms with E-state index in [4.69, 9.17) is 0 Å².